The second kappa shape index (κ2) is 7.41. The molecule has 1 saturated heterocycles. The molecule has 1 aliphatic rings. The van der Waals surface area contributed by atoms with Crippen molar-refractivity contribution in [2.24, 2.45) is 0 Å². The first-order chi connectivity index (χ1) is 14.5. The lowest BCUT2D eigenvalue weighted by Gasteiger charge is -2.24. The summed E-state index contributed by atoms with van der Waals surface area (Å²) < 4.78 is 49.2. The maximum Gasteiger partial charge on any atom is 0.435 e. The van der Waals surface area contributed by atoms with Crippen LogP contribution in [0.3, 0.4) is 0 Å². The maximum absolute atomic E-state index is 13.9. The van der Waals surface area contributed by atoms with Crippen LogP contribution in [0.4, 0.5) is 13.2 Å². The number of alkyl halides is 3. The number of morpholine rings is 1. The third-order valence-electron chi connectivity index (χ3n) is 5.37. The predicted molar refractivity (Wildman–Crippen MR) is 107 cm³/mol. The molecule has 2 N–H and O–H groups in total. The zero-order valence-corrected chi connectivity index (χ0v) is 16.0. The third kappa shape index (κ3) is 3.33. The summed E-state index contributed by atoms with van der Waals surface area (Å²) in [7, 11) is 0. The van der Waals surface area contributed by atoms with E-state index in [1.54, 1.807) is 42.6 Å². The highest BCUT2D eigenvalue weighted by Crippen LogP contribution is 2.38. The Hall–Kier alpha value is -2.91. The van der Waals surface area contributed by atoms with Gasteiger partial charge in [0.15, 0.2) is 11.5 Å². The van der Waals surface area contributed by atoms with Crippen LogP contribution in [0.5, 0.6) is 0 Å². The van der Waals surface area contributed by atoms with Gasteiger partial charge in [0.05, 0.1) is 29.4 Å². The first-order valence-corrected chi connectivity index (χ1v) is 9.84. The van der Waals surface area contributed by atoms with Crippen molar-refractivity contribution in [2.45, 2.75) is 25.2 Å². The minimum absolute atomic E-state index is 0.00267. The lowest BCUT2D eigenvalue weighted by Crippen LogP contribution is -2.38. The zero-order valence-electron chi connectivity index (χ0n) is 16.0. The van der Waals surface area contributed by atoms with E-state index in [0.29, 0.717) is 47.5 Å². The minimum atomic E-state index is -4.61. The Morgan fingerprint density at radius 1 is 1.13 bits per heavy atom. The van der Waals surface area contributed by atoms with Crippen molar-refractivity contribution >= 4 is 21.9 Å². The number of aromatic amines is 1. The van der Waals surface area contributed by atoms with Gasteiger partial charge in [-0.2, -0.15) is 13.2 Å². The summed E-state index contributed by atoms with van der Waals surface area (Å²) in [5, 5.41) is 3.93. The summed E-state index contributed by atoms with van der Waals surface area (Å²) in [4.78, 5) is 11.4. The van der Waals surface area contributed by atoms with Crippen LogP contribution in [-0.2, 0) is 17.5 Å². The van der Waals surface area contributed by atoms with Gasteiger partial charge in [-0.3, -0.25) is 0 Å². The Bertz CT molecular complexity index is 1180. The van der Waals surface area contributed by atoms with Crippen molar-refractivity contribution in [3.05, 3.63) is 48.3 Å². The molecule has 156 valence electrons. The average Bonchev–Trinajstić information content (AvgIpc) is 3.39. The molecule has 0 amide bonds. The second-order valence-electron chi connectivity index (χ2n) is 7.33. The average molecular weight is 415 g/mol. The van der Waals surface area contributed by atoms with Gasteiger partial charge in [0.1, 0.15) is 5.52 Å². The van der Waals surface area contributed by atoms with E-state index in [1.807, 2.05) is 4.57 Å². The molecular formula is C21H20F3N5O. The fourth-order valence-corrected chi connectivity index (χ4v) is 4.00. The fraction of sp³-hybridized carbons (Fsp3) is 0.333. The molecule has 5 rings (SSSR count). The number of rotatable bonds is 4. The number of nitrogens with one attached hydrogen (secondary N) is 2. The summed E-state index contributed by atoms with van der Waals surface area (Å²) in [5.74, 6) is 0.461. The van der Waals surface area contributed by atoms with E-state index in [1.165, 1.54) is 0 Å². The van der Waals surface area contributed by atoms with Gasteiger partial charge in [-0.15, -0.1) is 0 Å². The van der Waals surface area contributed by atoms with Crippen molar-refractivity contribution < 1.29 is 17.9 Å². The number of benzene rings is 1. The Kier molecular flexibility index (Phi) is 4.71. The quantitative estimate of drug-likeness (QED) is 0.529. The molecule has 1 fully saturated rings. The second-order valence-corrected chi connectivity index (χ2v) is 7.33. The molecular weight excluding hydrogens is 395 g/mol. The van der Waals surface area contributed by atoms with Crippen molar-refractivity contribution in [3.63, 3.8) is 0 Å². The molecule has 1 aromatic carbocycles. The summed E-state index contributed by atoms with van der Waals surface area (Å²) in [6, 6.07) is 10.5. The number of halogens is 3. The monoisotopic (exact) mass is 415 g/mol. The van der Waals surface area contributed by atoms with Crippen molar-refractivity contribution in [1.82, 2.24) is 24.8 Å². The van der Waals surface area contributed by atoms with Crippen LogP contribution >= 0.6 is 0 Å². The van der Waals surface area contributed by atoms with E-state index in [4.69, 9.17) is 4.74 Å². The predicted octanol–water partition coefficient (Wildman–Crippen LogP) is 3.98. The summed E-state index contributed by atoms with van der Waals surface area (Å²) in [6.07, 6.45) is -2.22. The van der Waals surface area contributed by atoms with Crippen LogP contribution < -0.4 is 5.32 Å². The first-order valence-electron chi connectivity index (χ1n) is 9.84. The van der Waals surface area contributed by atoms with Crippen LogP contribution in [0.15, 0.2) is 42.6 Å². The standard InChI is InChI=1S/C21H20F3N5O/c22-21(23,24)19-17-18(14-4-1-2-5-15(14)27-19)29(10-7-13-12-25-9-11-30-13)20(28-17)16-6-3-8-26-16/h1-6,8,13,25-26H,7,9-12H2. The molecule has 4 aromatic rings. The Balaban J connectivity index is 1.74. The molecule has 1 unspecified atom stereocenters. The van der Waals surface area contributed by atoms with E-state index in [9.17, 15) is 13.2 Å². The van der Waals surface area contributed by atoms with E-state index < -0.39 is 11.9 Å². The summed E-state index contributed by atoms with van der Waals surface area (Å²) >= 11 is 0. The number of imidazole rings is 1. The van der Waals surface area contributed by atoms with Gasteiger partial charge in [0.25, 0.3) is 0 Å². The van der Waals surface area contributed by atoms with E-state index in [-0.39, 0.29) is 11.6 Å². The number of hydrogen-bond donors (Lipinski definition) is 2. The van der Waals surface area contributed by atoms with E-state index in [0.717, 1.165) is 13.1 Å². The molecule has 4 heterocycles. The molecule has 0 saturated carbocycles. The van der Waals surface area contributed by atoms with Crippen molar-refractivity contribution in [2.75, 3.05) is 19.7 Å². The molecule has 0 bridgehead atoms. The Morgan fingerprint density at radius 3 is 2.73 bits per heavy atom. The van der Waals surface area contributed by atoms with Crippen LogP contribution in [0.25, 0.3) is 33.5 Å². The Labute approximate surface area is 170 Å². The number of para-hydroxylation sites is 1. The maximum atomic E-state index is 13.9. The topological polar surface area (TPSA) is 67.8 Å². The smallest absolute Gasteiger partial charge is 0.376 e. The van der Waals surface area contributed by atoms with Crippen LogP contribution in [0.1, 0.15) is 12.1 Å². The van der Waals surface area contributed by atoms with Crippen molar-refractivity contribution in [1.29, 1.82) is 0 Å². The molecule has 1 aliphatic heterocycles. The van der Waals surface area contributed by atoms with Gasteiger partial charge in [-0.05, 0) is 24.6 Å². The number of fused-ring (bicyclic) bond motifs is 3. The number of ether oxygens (including phenoxy) is 1. The summed E-state index contributed by atoms with van der Waals surface area (Å²) in [6.45, 7) is 2.64. The number of nitrogens with zero attached hydrogens (tertiary/aromatic N) is 3. The number of hydrogen-bond acceptors (Lipinski definition) is 4. The normalized spacial score (nSPS) is 17.8. The molecule has 1 atom stereocenters. The molecule has 0 radical (unpaired) electrons. The number of pyridine rings is 1. The van der Waals surface area contributed by atoms with Gasteiger partial charge in [0, 0.05) is 31.2 Å². The third-order valence-corrected chi connectivity index (χ3v) is 5.37. The zero-order chi connectivity index (χ0) is 20.7. The van der Waals surface area contributed by atoms with Gasteiger partial charge in [-0.1, -0.05) is 18.2 Å². The fourth-order valence-electron chi connectivity index (χ4n) is 4.00. The minimum Gasteiger partial charge on any atom is -0.376 e. The molecule has 6 nitrogen and oxygen atoms in total. The summed E-state index contributed by atoms with van der Waals surface area (Å²) in [5.41, 5.74) is 0.311. The molecule has 9 heteroatoms. The number of aryl methyl sites for hydroxylation is 1. The lowest BCUT2D eigenvalue weighted by atomic mass is 10.1. The van der Waals surface area contributed by atoms with Gasteiger partial charge in [-0.25, -0.2) is 9.97 Å². The SMILES string of the molecule is FC(F)(F)c1nc2ccccc2c2c1nc(-c1ccc[nH]1)n2CCC1CNCCO1. The van der Waals surface area contributed by atoms with E-state index >= 15 is 0 Å². The largest absolute Gasteiger partial charge is 0.435 e. The number of aromatic nitrogens is 4. The highest BCUT2D eigenvalue weighted by Gasteiger charge is 2.37. The highest BCUT2D eigenvalue weighted by atomic mass is 19.4. The number of H-pyrrole nitrogens is 1. The first kappa shape index (κ1) is 19.1. The Morgan fingerprint density at radius 2 is 2.00 bits per heavy atom. The molecule has 3 aromatic heterocycles. The van der Waals surface area contributed by atoms with E-state index in [2.05, 4.69) is 20.3 Å². The van der Waals surface area contributed by atoms with Gasteiger partial charge >= 0.3 is 6.18 Å². The molecule has 0 aliphatic carbocycles. The van der Waals surface area contributed by atoms with Crippen molar-refractivity contribution in [3.8, 4) is 11.5 Å². The van der Waals surface area contributed by atoms with Gasteiger partial charge in [0.2, 0.25) is 0 Å². The molecule has 0 spiro atoms. The van der Waals surface area contributed by atoms with Crippen LogP contribution in [0.2, 0.25) is 0 Å². The van der Waals surface area contributed by atoms with Crippen LogP contribution in [-0.4, -0.2) is 45.3 Å². The van der Waals surface area contributed by atoms with Gasteiger partial charge < -0.3 is 19.6 Å². The lowest BCUT2D eigenvalue weighted by molar-refractivity contribution is -0.139. The van der Waals surface area contributed by atoms with Crippen LogP contribution in [0, 0.1) is 0 Å². The highest BCUT2D eigenvalue weighted by molar-refractivity contribution is 6.04. The molecule has 30 heavy (non-hydrogen) atoms.